The Morgan fingerprint density at radius 3 is 2.33 bits per heavy atom. The van der Waals surface area contributed by atoms with Crippen LogP contribution in [0.5, 0.6) is 0 Å². The Bertz CT molecular complexity index is 919. The quantitative estimate of drug-likeness (QED) is 0.440. The topological polar surface area (TPSA) is 77.8 Å². The molecule has 4 nitrogen and oxygen atoms in total. The zero-order valence-electron chi connectivity index (χ0n) is 21.3. The van der Waals surface area contributed by atoms with Gasteiger partial charge >= 0.3 is 5.97 Å². The van der Waals surface area contributed by atoms with Crippen molar-refractivity contribution in [2.24, 2.45) is 44.8 Å². The molecule has 9 atom stereocenters. The van der Waals surface area contributed by atoms with Crippen LogP contribution in [0.25, 0.3) is 0 Å². The van der Waals surface area contributed by atoms with Crippen molar-refractivity contribution in [1.29, 1.82) is 0 Å². The predicted octanol–water partition coefficient (Wildman–Crippen LogP) is 5.73. The highest BCUT2D eigenvalue weighted by molar-refractivity contribution is 5.81. The molecular formula is C29H44O4. The maximum atomic E-state index is 13.4. The minimum Gasteiger partial charge on any atom is -0.481 e. The molecule has 3 N–H and O–H groups in total. The molecule has 0 aromatic heterocycles. The van der Waals surface area contributed by atoms with Gasteiger partial charge in [-0.25, -0.2) is 0 Å². The van der Waals surface area contributed by atoms with E-state index in [1.54, 1.807) is 0 Å². The van der Waals surface area contributed by atoms with E-state index in [9.17, 15) is 20.1 Å². The van der Waals surface area contributed by atoms with Crippen molar-refractivity contribution in [3.8, 4) is 0 Å². The molecule has 0 amide bonds. The van der Waals surface area contributed by atoms with E-state index < -0.39 is 29.0 Å². The average molecular weight is 457 g/mol. The van der Waals surface area contributed by atoms with Crippen molar-refractivity contribution in [2.75, 3.05) is 0 Å². The summed E-state index contributed by atoms with van der Waals surface area (Å²) in [5.74, 6) is -0.393. The molecule has 5 aliphatic carbocycles. The Kier molecular flexibility index (Phi) is 4.98. The number of aliphatic hydroxyl groups excluding tert-OH is 2. The summed E-state index contributed by atoms with van der Waals surface area (Å²) in [5, 5.41) is 33.1. The Morgan fingerprint density at radius 1 is 1.00 bits per heavy atom. The lowest BCUT2D eigenvalue weighted by Crippen LogP contribution is -2.67. The van der Waals surface area contributed by atoms with Crippen LogP contribution in [0.1, 0.15) is 92.4 Å². The second-order valence-electron chi connectivity index (χ2n) is 14.0. The van der Waals surface area contributed by atoms with Crippen LogP contribution in [0.3, 0.4) is 0 Å². The molecule has 5 rings (SSSR count). The lowest BCUT2D eigenvalue weighted by molar-refractivity contribution is -0.205. The van der Waals surface area contributed by atoms with Gasteiger partial charge in [0.25, 0.3) is 0 Å². The molecule has 0 heterocycles. The molecule has 5 aliphatic rings. The minimum atomic E-state index is -0.917. The second kappa shape index (κ2) is 6.97. The van der Waals surface area contributed by atoms with Gasteiger partial charge in [0.1, 0.15) is 0 Å². The second-order valence-corrected chi connectivity index (χ2v) is 14.0. The van der Waals surface area contributed by atoms with E-state index in [1.165, 1.54) is 12.0 Å². The molecular weight excluding hydrogens is 412 g/mol. The van der Waals surface area contributed by atoms with Gasteiger partial charge in [-0.1, -0.05) is 52.8 Å². The highest BCUT2D eigenvalue weighted by atomic mass is 16.4. The van der Waals surface area contributed by atoms with Crippen molar-refractivity contribution >= 4 is 5.97 Å². The van der Waals surface area contributed by atoms with Crippen LogP contribution >= 0.6 is 0 Å². The summed E-state index contributed by atoms with van der Waals surface area (Å²) in [6.07, 6.45) is 8.96. The van der Waals surface area contributed by atoms with E-state index in [-0.39, 0.29) is 28.1 Å². The van der Waals surface area contributed by atoms with Crippen LogP contribution in [-0.4, -0.2) is 33.5 Å². The number of carboxylic acids is 1. The third-order valence-electron chi connectivity index (χ3n) is 11.9. The van der Waals surface area contributed by atoms with Crippen LogP contribution < -0.4 is 0 Å². The summed E-state index contributed by atoms with van der Waals surface area (Å²) in [7, 11) is 0. The summed E-state index contributed by atoms with van der Waals surface area (Å²) in [6.45, 7) is 15.7. The van der Waals surface area contributed by atoms with Gasteiger partial charge in [-0.3, -0.25) is 4.79 Å². The first-order valence-electron chi connectivity index (χ1n) is 13.2. The van der Waals surface area contributed by atoms with Crippen molar-refractivity contribution in [2.45, 2.75) is 105 Å². The Labute approximate surface area is 199 Å². The number of rotatable bonds is 1. The number of aliphatic hydroxyl groups is 2. The molecule has 0 bridgehead atoms. The fraction of sp³-hybridized carbons (Fsp3) is 0.828. The third kappa shape index (κ3) is 2.86. The standard InChI is InChI=1S/C29H44O4/c1-17-20(30)9-10-27(5)22-8-7-18-19-15-25(2,3)11-12-26(19,4)13-14-29(18,24(32)33)28(22,6)16-21(31)23(17)27/h7,19-23,30-31H,1,8-16H2,2-6H3,(H,32,33)/t19?,20-,21+,22?,23?,26+,27+,28+,29+/m0/s1. The van der Waals surface area contributed by atoms with Crippen LogP contribution in [0.2, 0.25) is 0 Å². The normalized spacial score (nSPS) is 53.1. The van der Waals surface area contributed by atoms with Gasteiger partial charge < -0.3 is 15.3 Å². The zero-order chi connectivity index (χ0) is 24.2. The number of hydrogen-bond donors (Lipinski definition) is 3. The first-order valence-corrected chi connectivity index (χ1v) is 13.2. The molecule has 4 fully saturated rings. The van der Waals surface area contributed by atoms with Crippen molar-refractivity contribution < 1.29 is 20.1 Å². The maximum absolute atomic E-state index is 13.4. The van der Waals surface area contributed by atoms with E-state index >= 15 is 0 Å². The number of allylic oxidation sites excluding steroid dienone is 1. The van der Waals surface area contributed by atoms with Gasteiger partial charge in [0.15, 0.2) is 0 Å². The molecule has 33 heavy (non-hydrogen) atoms. The molecule has 0 aliphatic heterocycles. The summed E-state index contributed by atoms with van der Waals surface area (Å²) in [6, 6.07) is 0. The van der Waals surface area contributed by atoms with Gasteiger partial charge in [0, 0.05) is 5.92 Å². The van der Waals surface area contributed by atoms with Gasteiger partial charge in [-0.05, 0) is 96.9 Å². The number of carboxylic acid groups (broad SMARTS) is 1. The summed E-state index contributed by atoms with van der Waals surface area (Å²) >= 11 is 0. The first kappa shape index (κ1) is 23.6. The Balaban J connectivity index is 1.67. The lowest BCUT2D eigenvalue weighted by atomic mass is 9.34. The van der Waals surface area contributed by atoms with E-state index in [0.29, 0.717) is 25.2 Å². The highest BCUT2D eigenvalue weighted by Crippen LogP contribution is 2.74. The largest absolute Gasteiger partial charge is 0.481 e. The monoisotopic (exact) mass is 456 g/mol. The summed E-state index contributed by atoms with van der Waals surface area (Å²) < 4.78 is 0. The molecule has 0 aromatic carbocycles. The van der Waals surface area contributed by atoms with Crippen LogP contribution in [-0.2, 0) is 4.79 Å². The molecule has 0 aromatic rings. The van der Waals surface area contributed by atoms with Crippen LogP contribution in [0.15, 0.2) is 23.8 Å². The maximum Gasteiger partial charge on any atom is 0.314 e. The third-order valence-corrected chi connectivity index (χ3v) is 11.9. The van der Waals surface area contributed by atoms with Crippen molar-refractivity contribution in [1.82, 2.24) is 0 Å². The smallest absolute Gasteiger partial charge is 0.314 e. The fourth-order valence-electron chi connectivity index (χ4n) is 9.97. The first-order chi connectivity index (χ1) is 15.2. The molecule has 3 unspecified atom stereocenters. The van der Waals surface area contributed by atoms with Gasteiger partial charge in [0.05, 0.1) is 17.6 Å². The number of carbonyl (C=O) groups is 1. The van der Waals surface area contributed by atoms with E-state index in [1.807, 2.05) is 0 Å². The van der Waals surface area contributed by atoms with Crippen molar-refractivity contribution in [3.05, 3.63) is 23.8 Å². The Hall–Kier alpha value is -1.13. The molecule has 0 saturated heterocycles. The van der Waals surface area contributed by atoms with Gasteiger partial charge in [-0.15, -0.1) is 0 Å². The van der Waals surface area contributed by atoms with Crippen LogP contribution in [0.4, 0.5) is 0 Å². The predicted molar refractivity (Wildman–Crippen MR) is 129 cm³/mol. The van der Waals surface area contributed by atoms with Gasteiger partial charge in [-0.2, -0.15) is 0 Å². The minimum absolute atomic E-state index is 0.156. The van der Waals surface area contributed by atoms with E-state index in [0.717, 1.165) is 37.7 Å². The molecule has 0 spiro atoms. The highest BCUT2D eigenvalue weighted by Gasteiger charge is 2.72. The summed E-state index contributed by atoms with van der Waals surface area (Å²) in [4.78, 5) is 13.4. The SMILES string of the molecule is C=C1C2[C@H](O)C[C@]3(C)C(CC=C4C5CC(C)(C)CC[C@]5(C)CC[C@]43C(=O)O)[C@@]2(C)CC[C@@H]1O. The van der Waals surface area contributed by atoms with E-state index in [4.69, 9.17) is 0 Å². The molecule has 4 heteroatoms. The van der Waals surface area contributed by atoms with Crippen LogP contribution in [0, 0.1) is 44.8 Å². The lowest BCUT2D eigenvalue weighted by Gasteiger charge is -2.69. The average Bonchev–Trinajstić information content (AvgIpc) is 2.71. The number of fused-ring (bicyclic) bond motifs is 7. The fourth-order valence-corrected chi connectivity index (χ4v) is 9.97. The number of hydrogen-bond acceptors (Lipinski definition) is 3. The molecule has 0 radical (unpaired) electrons. The van der Waals surface area contributed by atoms with E-state index in [2.05, 4.69) is 47.3 Å². The van der Waals surface area contributed by atoms with Crippen molar-refractivity contribution in [3.63, 3.8) is 0 Å². The number of aliphatic carboxylic acids is 1. The zero-order valence-corrected chi connectivity index (χ0v) is 21.3. The molecule has 184 valence electrons. The molecule has 4 saturated carbocycles. The Morgan fingerprint density at radius 2 is 1.67 bits per heavy atom. The summed E-state index contributed by atoms with van der Waals surface area (Å²) in [5.41, 5.74) is 0.651. The van der Waals surface area contributed by atoms with Gasteiger partial charge in [0.2, 0.25) is 0 Å².